The van der Waals surface area contributed by atoms with Gasteiger partial charge in [0, 0.05) is 53.2 Å². The van der Waals surface area contributed by atoms with E-state index in [9.17, 15) is 0 Å². The molecule has 0 saturated carbocycles. The van der Waals surface area contributed by atoms with Crippen molar-refractivity contribution in [1.82, 2.24) is 19.9 Å². The molecule has 45 heavy (non-hydrogen) atoms. The summed E-state index contributed by atoms with van der Waals surface area (Å²) >= 11 is 1.77. The predicted molar refractivity (Wildman–Crippen MR) is 187 cm³/mol. The van der Waals surface area contributed by atoms with Gasteiger partial charge < -0.3 is 0 Å². The van der Waals surface area contributed by atoms with Crippen molar-refractivity contribution < 1.29 is 0 Å². The second-order valence-electron chi connectivity index (χ2n) is 11.1. The average Bonchev–Trinajstić information content (AvgIpc) is 3.49. The summed E-state index contributed by atoms with van der Waals surface area (Å²) in [5.41, 5.74) is 7.94. The van der Waals surface area contributed by atoms with E-state index >= 15 is 0 Å². The molecule has 0 aliphatic rings. The van der Waals surface area contributed by atoms with Gasteiger partial charge in [-0.25, -0.2) is 19.9 Å². The number of hydrogen-bond acceptors (Lipinski definition) is 5. The molecule has 6 aromatic carbocycles. The van der Waals surface area contributed by atoms with Crippen molar-refractivity contribution >= 4 is 53.3 Å². The third kappa shape index (κ3) is 4.36. The van der Waals surface area contributed by atoms with Gasteiger partial charge in [-0.05, 0) is 24.3 Å². The van der Waals surface area contributed by atoms with Crippen LogP contribution in [-0.4, -0.2) is 19.9 Å². The summed E-state index contributed by atoms with van der Waals surface area (Å²) in [6.45, 7) is 0. The van der Waals surface area contributed by atoms with Gasteiger partial charge in [0.1, 0.15) is 0 Å². The van der Waals surface area contributed by atoms with Crippen LogP contribution in [-0.2, 0) is 0 Å². The third-order valence-electron chi connectivity index (χ3n) is 8.30. The monoisotopic (exact) mass is 592 g/mol. The molecule has 0 saturated heterocycles. The van der Waals surface area contributed by atoms with E-state index in [4.69, 9.17) is 19.9 Å². The Kier molecular flexibility index (Phi) is 5.96. The molecule has 3 heterocycles. The highest BCUT2D eigenvalue weighted by atomic mass is 32.1. The van der Waals surface area contributed by atoms with Gasteiger partial charge >= 0.3 is 0 Å². The lowest BCUT2D eigenvalue weighted by Crippen LogP contribution is -1.95. The van der Waals surface area contributed by atoms with Gasteiger partial charge in [-0.1, -0.05) is 121 Å². The Balaban J connectivity index is 1.22. The minimum atomic E-state index is 0.720. The van der Waals surface area contributed by atoms with Crippen molar-refractivity contribution in [2.75, 3.05) is 0 Å². The Morgan fingerprint density at radius 2 is 0.933 bits per heavy atom. The molecular formula is C40H24N4S. The number of para-hydroxylation sites is 2. The van der Waals surface area contributed by atoms with E-state index in [2.05, 4.69) is 109 Å². The van der Waals surface area contributed by atoms with Gasteiger partial charge in [-0.2, -0.15) is 0 Å². The molecule has 0 radical (unpaired) electrons. The van der Waals surface area contributed by atoms with E-state index in [1.165, 1.54) is 20.2 Å². The SMILES string of the molecule is c1ccc(-c2nc(-c3ccc4c(c3)sc3c(-c5nc(-c6ccccc6)c6ccccc6n5)cccc34)nc3ccccc23)cc1. The summed E-state index contributed by atoms with van der Waals surface area (Å²) in [5.74, 6) is 1.45. The molecule has 3 aromatic heterocycles. The molecule has 0 amide bonds. The van der Waals surface area contributed by atoms with Crippen molar-refractivity contribution in [2.24, 2.45) is 0 Å². The first-order valence-electron chi connectivity index (χ1n) is 14.9. The van der Waals surface area contributed by atoms with Crippen LogP contribution < -0.4 is 0 Å². The highest BCUT2D eigenvalue weighted by Crippen LogP contribution is 2.41. The number of nitrogens with zero attached hydrogens (tertiary/aromatic N) is 4. The fourth-order valence-electron chi connectivity index (χ4n) is 6.15. The highest BCUT2D eigenvalue weighted by molar-refractivity contribution is 7.26. The van der Waals surface area contributed by atoms with Gasteiger partial charge in [0.15, 0.2) is 11.6 Å². The van der Waals surface area contributed by atoms with Gasteiger partial charge in [-0.15, -0.1) is 11.3 Å². The molecule has 0 aliphatic carbocycles. The first-order chi connectivity index (χ1) is 22.3. The van der Waals surface area contributed by atoms with E-state index in [-0.39, 0.29) is 0 Å². The third-order valence-corrected chi connectivity index (χ3v) is 9.50. The Morgan fingerprint density at radius 3 is 1.60 bits per heavy atom. The molecule has 0 spiro atoms. The smallest absolute Gasteiger partial charge is 0.161 e. The molecule has 4 nitrogen and oxygen atoms in total. The lowest BCUT2D eigenvalue weighted by atomic mass is 10.0. The summed E-state index contributed by atoms with van der Waals surface area (Å²) < 4.78 is 2.35. The lowest BCUT2D eigenvalue weighted by molar-refractivity contribution is 1.23. The van der Waals surface area contributed by atoms with Gasteiger partial charge in [-0.3, -0.25) is 0 Å². The van der Waals surface area contributed by atoms with Crippen LogP contribution in [0.4, 0.5) is 0 Å². The Morgan fingerprint density at radius 1 is 0.378 bits per heavy atom. The number of hydrogen-bond donors (Lipinski definition) is 0. The molecule has 5 heteroatoms. The first-order valence-corrected chi connectivity index (χ1v) is 15.7. The number of aromatic nitrogens is 4. The number of thiophene rings is 1. The van der Waals surface area contributed by atoms with Crippen LogP contribution in [0.15, 0.2) is 146 Å². The number of benzene rings is 6. The van der Waals surface area contributed by atoms with Crippen molar-refractivity contribution in [3.8, 4) is 45.3 Å². The quantitative estimate of drug-likeness (QED) is 0.204. The molecule has 210 valence electrons. The first kappa shape index (κ1) is 25.7. The van der Waals surface area contributed by atoms with Crippen LogP contribution in [0.1, 0.15) is 0 Å². The minimum absolute atomic E-state index is 0.720. The average molecular weight is 593 g/mol. The zero-order chi connectivity index (χ0) is 29.7. The van der Waals surface area contributed by atoms with Crippen molar-refractivity contribution in [3.63, 3.8) is 0 Å². The van der Waals surface area contributed by atoms with E-state index in [0.29, 0.717) is 0 Å². The molecule has 0 atom stereocenters. The van der Waals surface area contributed by atoms with Crippen LogP contribution in [0.2, 0.25) is 0 Å². The second-order valence-corrected chi connectivity index (χ2v) is 12.1. The van der Waals surface area contributed by atoms with Crippen LogP contribution in [0.25, 0.3) is 87.3 Å². The van der Waals surface area contributed by atoms with Gasteiger partial charge in [0.25, 0.3) is 0 Å². The summed E-state index contributed by atoms with van der Waals surface area (Å²) in [6, 6.07) is 50.2. The largest absolute Gasteiger partial charge is 0.228 e. The molecule has 0 N–H and O–H groups in total. The molecule has 0 fully saturated rings. The maximum absolute atomic E-state index is 5.17. The lowest BCUT2D eigenvalue weighted by Gasteiger charge is -2.10. The van der Waals surface area contributed by atoms with Crippen LogP contribution >= 0.6 is 11.3 Å². The Labute approximate surface area is 263 Å². The number of rotatable bonds is 4. The highest BCUT2D eigenvalue weighted by Gasteiger charge is 2.17. The zero-order valence-corrected chi connectivity index (χ0v) is 24.9. The maximum atomic E-state index is 5.17. The summed E-state index contributed by atoms with van der Waals surface area (Å²) in [5, 5.41) is 4.49. The van der Waals surface area contributed by atoms with Gasteiger partial charge in [0.05, 0.1) is 22.4 Å². The fourth-order valence-corrected chi connectivity index (χ4v) is 7.40. The predicted octanol–water partition coefficient (Wildman–Crippen LogP) is 10.6. The molecule has 9 rings (SSSR count). The summed E-state index contributed by atoms with van der Waals surface area (Å²) in [6.07, 6.45) is 0. The summed E-state index contributed by atoms with van der Waals surface area (Å²) in [7, 11) is 0. The molecule has 9 aromatic rings. The normalized spacial score (nSPS) is 11.6. The molecule has 0 bridgehead atoms. The fraction of sp³-hybridized carbons (Fsp3) is 0. The van der Waals surface area contributed by atoms with Crippen LogP contribution in [0, 0.1) is 0 Å². The van der Waals surface area contributed by atoms with E-state index < -0.39 is 0 Å². The minimum Gasteiger partial charge on any atom is -0.228 e. The maximum Gasteiger partial charge on any atom is 0.161 e. The Hall–Kier alpha value is -5.78. The second kappa shape index (κ2) is 10.4. The molecular weight excluding hydrogens is 569 g/mol. The van der Waals surface area contributed by atoms with Crippen molar-refractivity contribution in [2.45, 2.75) is 0 Å². The molecule has 0 aliphatic heterocycles. The standard InChI is InChI=1S/C40H24N4S/c1-3-12-25(13-4-1)36-30-16-7-9-20-33(30)41-39(43-36)27-22-23-28-29-18-11-19-32(38(29)45-35(28)24-27)40-42-34-21-10-8-17-31(34)37(44-40)26-14-5-2-6-15-26/h1-24H. The van der Waals surface area contributed by atoms with Crippen LogP contribution in [0.5, 0.6) is 0 Å². The zero-order valence-electron chi connectivity index (χ0n) is 24.1. The molecule has 0 unspecified atom stereocenters. The van der Waals surface area contributed by atoms with Crippen LogP contribution in [0.3, 0.4) is 0 Å². The van der Waals surface area contributed by atoms with E-state index in [1.54, 1.807) is 11.3 Å². The number of fused-ring (bicyclic) bond motifs is 5. The Bertz CT molecular complexity index is 2540. The van der Waals surface area contributed by atoms with E-state index in [0.717, 1.165) is 67.1 Å². The summed E-state index contributed by atoms with van der Waals surface area (Å²) in [4.78, 5) is 20.3. The van der Waals surface area contributed by atoms with Crippen molar-refractivity contribution in [1.29, 1.82) is 0 Å². The van der Waals surface area contributed by atoms with Crippen molar-refractivity contribution in [3.05, 3.63) is 146 Å². The topological polar surface area (TPSA) is 51.6 Å². The van der Waals surface area contributed by atoms with Gasteiger partial charge in [0.2, 0.25) is 0 Å². The van der Waals surface area contributed by atoms with E-state index in [1.807, 2.05) is 36.4 Å².